The van der Waals surface area contributed by atoms with Crippen molar-refractivity contribution in [3.05, 3.63) is 17.7 Å². The summed E-state index contributed by atoms with van der Waals surface area (Å²) in [5.41, 5.74) is 1.17. The van der Waals surface area contributed by atoms with Gasteiger partial charge in [-0.15, -0.1) is 0 Å². The molecule has 3 N–H and O–H groups in total. The molecule has 0 aromatic heterocycles. The van der Waals surface area contributed by atoms with Crippen LogP contribution in [0, 0.1) is 5.41 Å². The average Bonchev–Trinajstić information content (AvgIpc) is 2.17. The second-order valence-corrected chi connectivity index (χ2v) is 2.59. The molecular formula is C8H10N2O2S. The van der Waals surface area contributed by atoms with Gasteiger partial charge in [0.1, 0.15) is 0 Å². The molecule has 0 fully saturated rings. The van der Waals surface area contributed by atoms with Crippen LogP contribution < -0.4 is 9.46 Å². The van der Waals surface area contributed by atoms with Crippen LogP contribution in [-0.4, -0.2) is 18.4 Å². The van der Waals surface area contributed by atoms with Gasteiger partial charge in [-0.1, -0.05) is 12.8 Å². The molecule has 0 unspecified atom stereocenters. The molecule has 0 atom stereocenters. The molecule has 13 heavy (non-hydrogen) atoms. The highest BCUT2D eigenvalue weighted by Gasteiger charge is 2.06. The Bertz CT molecular complexity index is 328. The van der Waals surface area contributed by atoms with Gasteiger partial charge in [0.15, 0.2) is 11.5 Å². The molecule has 4 nitrogen and oxygen atoms in total. The van der Waals surface area contributed by atoms with Gasteiger partial charge in [-0.2, -0.15) is 0 Å². The first-order valence-electron chi connectivity index (χ1n) is 3.54. The molecule has 0 radical (unpaired) electrons. The lowest BCUT2D eigenvalue weighted by molar-refractivity contribution is 0.373. The second kappa shape index (κ2) is 4.04. The van der Waals surface area contributed by atoms with Crippen molar-refractivity contribution in [3.8, 4) is 11.5 Å². The summed E-state index contributed by atoms with van der Waals surface area (Å²) in [4.78, 5) is 0. The lowest BCUT2D eigenvalue weighted by Crippen LogP contribution is -1.92. The van der Waals surface area contributed by atoms with E-state index < -0.39 is 0 Å². The molecule has 0 saturated carbocycles. The summed E-state index contributed by atoms with van der Waals surface area (Å²) < 4.78 is 7.49. The van der Waals surface area contributed by atoms with Crippen molar-refractivity contribution in [2.45, 2.75) is 0 Å². The van der Waals surface area contributed by atoms with Gasteiger partial charge in [0.05, 0.1) is 12.8 Å². The maximum atomic E-state index is 9.36. The Morgan fingerprint density at radius 1 is 1.62 bits per heavy atom. The zero-order valence-corrected chi connectivity index (χ0v) is 7.93. The van der Waals surface area contributed by atoms with Gasteiger partial charge in [-0.25, -0.2) is 0 Å². The molecule has 0 aliphatic carbocycles. The van der Waals surface area contributed by atoms with Crippen LogP contribution in [0.2, 0.25) is 0 Å². The molecule has 70 valence electrons. The summed E-state index contributed by atoms with van der Waals surface area (Å²) in [6, 6.07) is 3.01. The maximum Gasteiger partial charge on any atom is 0.162 e. The molecule has 0 bridgehead atoms. The molecule has 0 spiro atoms. The third-order valence-corrected chi connectivity index (χ3v) is 1.87. The van der Waals surface area contributed by atoms with E-state index in [2.05, 4.69) is 17.5 Å². The number of hydrogen-bond acceptors (Lipinski definition) is 5. The molecule has 0 aliphatic heterocycles. The molecule has 5 heteroatoms. The number of rotatable bonds is 3. The fraction of sp³-hybridized carbons (Fsp3) is 0.125. The van der Waals surface area contributed by atoms with E-state index >= 15 is 0 Å². The predicted molar refractivity (Wildman–Crippen MR) is 55.2 cm³/mol. The van der Waals surface area contributed by atoms with Gasteiger partial charge >= 0.3 is 0 Å². The number of ether oxygens (including phenoxy) is 1. The molecule has 0 amide bonds. The lowest BCUT2D eigenvalue weighted by atomic mass is 10.2. The first-order chi connectivity index (χ1) is 6.22. The minimum absolute atomic E-state index is 0.00772. The van der Waals surface area contributed by atoms with Crippen molar-refractivity contribution in [1.82, 2.24) is 0 Å². The number of benzene rings is 1. The summed E-state index contributed by atoms with van der Waals surface area (Å²) in [7, 11) is 1.46. The summed E-state index contributed by atoms with van der Waals surface area (Å²) in [6.45, 7) is 0. The van der Waals surface area contributed by atoms with E-state index in [4.69, 9.17) is 10.1 Å². The number of methoxy groups -OCH3 is 1. The fourth-order valence-electron chi connectivity index (χ4n) is 0.964. The molecule has 1 aromatic carbocycles. The van der Waals surface area contributed by atoms with Gasteiger partial charge in [0.25, 0.3) is 0 Å². The van der Waals surface area contributed by atoms with Crippen LogP contribution in [-0.2, 0) is 0 Å². The monoisotopic (exact) mass is 198 g/mol. The van der Waals surface area contributed by atoms with E-state index in [0.717, 1.165) is 6.21 Å². The van der Waals surface area contributed by atoms with E-state index in [1.54, 1.807) is 6.07 Å². The Morgan fingerprint density at radius 3 is 2.77 bits per heavy atom. The molecule has 0 aliphatic rings. The number of nitrogens with one attached hydrogen (secondary N) is 2. The number of anilines is 1. The first-order valence-corrected chi connectivity index (χ1v) is 3.99. The normalized spacial score (nSPS) is 9.38. The highest BCUT2D eigenvalue weighted by atomic mass is 32.1. The van der Waals surface area contributed by atoms with Crippen molar-refractivity contribution in [3.63, 3.8) is 0 Å². The molecule has 0 heterocycles. The number of phenols is 1. The van der Waals surface area contributed by atoms with Crippen molar-refractivity contribution >= 4 is 24.7 Å². The first kappa shape index (κ1) is 9.73. The van der Waals surface area contributed by atoms with Crippen LogP contribution in [0.5, 0.6) is 11.5 Å². The van der Waals surface area contributed by atoms with Gasteiger partial charge < -0.3 is 20.0 Å². The predicted octanol–water partition coefficient (Wildman–Crippen LogP) is 1.66. The van der Waals surface area contributed by atoms with Gasteiger partial charge in [0.2, 0.25) is 0 Å². The van der Waals surface area contributed by atoms with E-state index in [9.17, 15) is 5.11 Å². The van der Waals surface area contributed by atoms with Gasteiger partial charge in [-0.3, -0.25) is 0 Å². The average molecular weight is 198 g/mol. The minimum Gasteiger partial charge on any atom is -0.504 e. The zero-order chi connectivity index (χ0) is 9.84. The summed E-state index contributed by atoms with van der Waals surface area (Å²) in [6.07, 6.45) is 1.12. The van der Waals surface area contributed by atoms with E-state index in [-0.39, 0.29) is 5.75 Å². The summed E-state index contributed by atoms with van der Waals surface area (Å²) >= 11 is 3.86. The van der Waals surface area contributed by atoms with Crippen LogP contribution in [0.25, 0.3) is 0 Å². The smallest absolute Gasteiger partial charge is 0.162 e. The topological polar surface area (TPSA) is 65.3 Å². The number of thiol groups is 1. The molecular weight excluding hydrogens is 188 g/mol. The lowest BCUT2D eigenvalue weighted by Gasteiger charge is -2.08. The summed E-state index contributed by atoms with van der Waals surface area (Å²) in [5, 5.41) is 16.4. The number of phenolic OH excluding ortho intramolecular Hbond substituents is 1. The Kier molecular flexibility index (Phi) is 3.02. The van der Waals surface area contributed by atoms with Crippen LogP contribution in [0.1, 0.15) is 5.56 Å². The van der Waals surface area contributed by atoms with Crippen LogP contribution in [0.3, 0.4) is 0 Å². The second-order valence-electron chi connectivity index (χ2n) is 2.37. The molecule has 1 aromatic rings. The van der Waals surface area contributed by atoms with Crippen LogP contribution in [0.15, 0.2) is 12.1 Å². The molecule has 1 rings (SSSR count). The van der Waals surface area contributed by atoms with E-state index in [1.165, 1.54) is 13.2 Å². The van der Waals surface area contributed by atoms with Crippen molar-refractivity contribution < 1.29 is 9.84 Å². The van der Waals surface area contributed by atoms with Crippen molar-refractivity contribution in [2.24, 2.45) is 0 Å². The maximum absolute atomic E-state index is 9.36. The third kappa shape index (κ3) is 1.86. The Balaban J connectivity index is 3.26. The highest BCUT2D eigenvalue weighted by molar-refractivity contribution is 7.81. The Labute approximate surface area is 81.6 Å². The summed E-state index contributed by atoms with van der Waals surface area (Å²) in [5.74, 6) is 0.357. The highest BCUT2D eigenvalue weighted by Crippen LogP contribution is 2.31. The van der Waals surface area contributed by atoms with E-state index in [0.29, 0.717) is 17.0 Å². The minimum atomic E-state index is 0.00772. The zero-order valence-electron chi connectivity index (χ0n) is 7.03. The number of hydrogen-bond donors (Lipinski definition) is 4. The van der Waals surface area contributed by atoms with Gasteiger partial charge in [0, 0.05) is 17.8 Å². The van der Waals surface area contributed by atoms with Crippen molar-refractivity contribution in [1.29, 1.82) is 5.41 Å². The van der Waals surface area contributed by atoms with Crippen molar-refractivity contribution in [2.75, 3.05) is 11.8 Å². The Hall–Kier alpha value is -1.36. The third-order valence-electron chi connectivity index (χ3n) is 1.63. The van der Waals surface area contributed by atoms with E-state index in [1.807, 2.05) is 0 Å². The largest absolute Gasteiger partial charge is 0.504 e. The fourth-order valence-corrected chi connectivity index (χ4v) is 1.16. The van der Waals surface area contributed by atoms with Crippen LogP contribution in [0.4, 0.5) is 5.69 Å². The standard InChI is InChI=1S/C8H10N2O2S/c1-12-8-3-6(10-13)5(4-9)2-7(8)11/h2-4,9-11,13H,1H3. The SMILES string of the molecule is COc1cc(NS)c(C=N)cc1O. The van der Waals surface area contributed by atoms with Gasteiger partial charge in [-0.05, 0) is 6.07 Å². The molecule has 0 saturated heterocycles. The Morgan fingerprint density at radius 2 is 2.31 bits per heavy atom. The number of aromatic hydroxyl groups is 1. The van der Waals surface area contributed by atoms with Crippen LogP contribution >= 0.6 is 12.8 Å². The quantitative estimate of drug-likeness (QED) is 0.339.